The summed E-state index contributed by atoms with van der Waals surface area (Å²) in [4.78, 5) is 24.0. The number of nitro benzene ring substituents is 1. The van der Waals surface area contributed by atoms with Crippen LogP contribution < -0.4 is 10.2 Å². The highest BCUT2D eigenvalue weighted by Crippen LogP contribution is 2.26. The molecule has 2 N–H and O–H groups in total. The molecule has 1 aliphatic rings. The lowest BCUT2D eigenvalue weighted by Crippen LogP contribution is -3.15. The topological polar surface area (TPSA) is 114 Å². The number of carbonyl (C=O) groups is 1. The number of hydrogen-bond acceptors (Lipinski definition) is 5. The first kappa shape index (κ1) is 23.1. The Hall–Kier alpha value is -2.53. The van der Waals surface area contributed by atoms with E-state index in [9.17, 15) is 23.3 Å². The van der Waals surface area contributed by atoms with Gasteiger partial charge in [0.1, 0.15) is 0 Å². The van der Waals surface area contributed by atoms with E-state index in [2.05, 4.69) is 5.32 Å². The summed E-state index contributed by atoms with van der Waals surface area (Å²) < 4.78 is 27.5. The van der Waals surface area contributed by atoms with Gasteiger partial charge in [-0.15, -0.1) is 0 Å². The summed E-state index contributed by atoms with van der Waals surface area (Å²) >= 11 is 6.02. The molecule has 9 nitrogen and oxygen atoms in total. The Kier molecular flexibility index (Phi) is 6.95. The van der Waals surface area contributed by atoms with Gasteiger partial charge in [-0.2, -0.15) is 4.31 Å². The SMILES string of the molecule is Cc1ccc(C)c(S(=O)(=O)N2CC[NH+](CC(=O)Nc3cc([N+](=O)[O-])ccc3Cl)CC2)c1. The fraction of sp³-hybridized carbons (Fsp3) is 0.350. The fourth-order valence-corrected chi connectivity index (χ4v) is 5.40. The van der Waals surface area contributed by atoms with E-state index in [1.807, 2.05) is 13.0 Å². The average Bonchev–Trinajstić information content (AvgIpc) is 2.71. The summed E-state index contributed by atoms with van der Waals surface area (Å²) in [7, 11) is -3.60. The summed E-state index contributed by atoms with van der Waals surface area (Å²) in [6, 6.07) is 9.19. The summed E-state index contributed by atoms with van der Waals surface area (Å²) in [5, 5.41) is 13.7. The molecule has 1 saturated heterocycles. The number of amides is 1. The van der Waals surface area contributed by atoms with Crippen LogP contribution in [0.3, 0.4) is 0 Å². The molecule has 1 amide bonds. The van der Waals surface area contributed by atoms with Crippen molar-refractivity contribution in [3.8, 4) is 0 Å². The van der Waals surface area contributed by atoms with Crippen molar-refractivity contribution in [3.63, 3.8) is 0 Å². The van der Waals surface area contributed by atoms with Crippen LogP contribution in [0.2, 0.25) is 5.02 Å². The lowest BCUT2D eigenvalue weighted by Gasteiger charge is -2.31. The van der Waals surface area contributed by atoms with Gasteiger partial charge in [0.15, 0.2) is 6.54 Å². The van der Waals surface area contributed by atoms with Crippen LogP contribution in [0.4, 0.5) is 11.4 Å². The van der Waals surface area contributed by atoms with Crippen molar-refractivity contribution in [3.05, 3.63) is 62.7 Å². The van der Waals surface area contributed by atoms with Crippen molar-refractivity contribution in [2.24, 2.45) is 0 Å². The average molecular weight is 468 g/mol. The number of rotatable bonds is 6. The van der Waals surface area contributed by atoms with Gasteiger partial charge in [-0.25, -0.2) is 8.42 Å². The van der Waals surface area contributed by atoms with Crippen LogP contribution in [0, 0.1) is 24.0 Å². The predicted octanol–water partition coefficient (Wildman–Crippen LogP) is 1.39. The second-order valence-corrected chi connectivity index (χ2v) is 9.88. The molecule has 2 aromatic carbocycles. The number of benzene rings is 2. The van der Waals surface area contributed by atoms with Gasteiger partial charge in [0, 0.05) is 12.1 Å². The molecule has 0 spiro atoms. The maximum atomic E-state index is 13.0. The molecule has 0 atom stereocenters. The molecular weight excluding hydrogens is 444 g/mol. The predicted molar refractivity (Wildman–Crippen MR) is 117 cm³/mol. The van der Waals surface area contributed by atoms with E-state index in [-0.39, 0.29) is 28.8 Å². The van der Waals surface area contributed by atoms with Gasteiger partial charge >= 0.3 is 0 Å². The van der Waals surface area contributed by atoms with E-state index in [4.69, 9.17) is 11.6 Å². The van der Waals surface area contributed by atoms with E-state index in [1.165, 1.54) is 22.5 Å². The zero-order valence-electron chi connectivity index (χ0n) is 17.2. The number of non-ortho nitro benzene ring substituents is 1. The number of nitro groups is 1. The van der Waals surface area contributed by atoms with Crippen molar-refractivity contribution < 1.29 is 23.0 Å². The van der Waals surface area contributed by atoms with Gasteiger partial charge in [-0.05, 0) is 37.1 Å². The fourth-order valence-electron chi connectivity index (χ4n) is 3.49. The minimum absolute atomic E-state index is 0.108. The van der Waals surface area contributed by atoms with Crippen LogP contribution >= 0.6 is 11.6 Å². The molecule has 11 heteroatoms. The zero-order chi connectivity index (χ0) is 22.8. The van der Waals surface area contributed by atoms with Gasteiger partial charge in [-0.1, -0.05) is 23.7 Å². The van der Waals surface area contributed by atoms with Crippen molar-refractivity contribution in [1.82, 2.24) is 4.31 Å². The Bertz CT molecular complexity index is 1110. The zero-order valence-corrected chi connectivity index (χ0v) is 18.8. The normalized spacial score (nSPS) is 15.6. The number of nitrogens with one attached hydrogen (secondary N) is 2. The molecule has 1 heterocycles. The molecule has 0 aromatic heterocycles. The number of anilines is 1. The van der Waals surface area contributed by atoms with Crippen LogP contribution in [0.15, 0.2) is 41.3 Å². The van der Waals surface area contributed by atoms with Crippen molar-refractivity contribution in [2.45, 2.75) is 18.7 Å². The number of halogens is 1. The lowest BCUT2D eigenvalue weighted by atomic mass is 10.2. The second kappa shape index (κ2) is 9.31. The molecule has 0 saturated carbocycles. The summed E-state index contributed by atoms with van der Waals surface area (Å²) in [6.45, 7) is 5.28. The quantitative estimate of drug-likeness (QED) is 0.492. The molecule has 0 aliphatic carbocycles. The Balaban J connectivity index is 1.60. The van der Waals surface area contributed by atoms with Gasteiger partial charge in [0.25, 0.3) is 11.6 Å². The minimum atomic E-state index is -3.60. The number of sulfonamides is 1. The number of aryl methyl sites for hydroxylation is 2. The second-order valence-electron chi connectivity index (χ2n) is 7.57. The third kappa shape index (κ3) is 5.40. The Labute approximate surface area is 185 Å². The number of quaternary nitrogens is 1. The molecule has 3 rings (SSSR count). The lowest BCUT2D eigenvalue weighted by molar-refractivity contribution is -0.895. The molecule has 1 fully saturated rings. The molecular formula is C20H24ClN4O5S+. The summed E-state index contributed by atoms with van der Waals surface area (Å²) in [5.41, 5.74) is 1.59. The molecule has 31 heavy (non-hydrogen) atoms. The Morgan fingerprint density at radius 3 is 2.52 bits per heavy atom. The highest BCUT2D eigenvalue weighted by Gasteiger charge is 2.32. The Morgan fingerprint density at radius 2 is 1.87 bits per heavy atom. The van der Waals surface area contributed by atoms with Crippen LogP contribution in [0.1, 0.15) is 11.1 Å². The highest BCUT2D eigenvalue weighted by molar-refractivity contribution is 7.89. The first-order valence-electron chi connectivity index (χ1n) is 9.72. The number of carbonyl (C=O) groups excluding carboxylic acids is 1. The standard InChI is InChI=1S/C20H23ClN4O5S/c1-14-3-4-15(2)19(11-14)31(29,30)24-9-7-23(8-10-24)13-20(26)22-18-12-16(25(27)28)5-6-17(18)21/h3-6,11-12H,7-10,13H2,1-2H3,(H,22,26)/p+1. The number of nitrogens with zero attached hydrogens (tertiary/aromatic N) is 2. The highest BCUT2D eigenvalue weighted by atomic mass is 35.5. The van der Waals surface area contributed by atoms with E-state index < -0.39 is 14.9 Å². The molecule has 0 bridgehead atoms. The molecule has 1 aliphatic heterocycles. The van der Waals surface area contributed by atoms with Crippen molar-refractivity contribution in [2.75, 3.05) is 38.0 Å². The van der Waals surface area contributed by atoms with E-state index >= 15 is 0 Å². The first-order valence-corrected chi connectivity index (χ1v) is 11.5. The molecule has 0 radical (unpaired) electrons. The number of piperazine rings is 1. The monoisotopic (exact) mass is 467 g/mol. The van der Waals surface area contributed by atoms with Gasteiger partial charge < -0.3 is 10.2 Å². The summed E-state index contributed by atoms with van der Waals surface area (Å²) in [6.07, 6.45) is 0. The van der Waals surface area contributed by atoms with Gasteiger partial charge in [0.05, 0.1) is 46.7 Å². The molecule has 2 aromatic rings. The Morgan fingerprint density at radius 1 is 1.19 bits per heavy atom. The third-order valence-corrected chi connectivity index (χ3v) is 7.61. The maximum absolute atomic E-state index is 13.0. The van der Waals surface area contributed by atoms with Crippen LogP contribution in [-0.2, 0) is 14.8 Å². The molecule has 0 unspecified atom stereocenters. The van der Waals surface area contributed by atoms with Crippen molar-refractivity contribution >= 4 is 38.9 Å². The summed E-state index contributed by atoms with van der Waals surface area (Å²) in [5.74, 6) is -0.344. The van der Waals surface area contributed by atoms with E-state index in [0.717, 1.165) is 10.5 Å². The maximum Gasteiger partial charge on any atom is 0.279 e. The van der Waals surface area contributed by atoms with Crippen LogP contribution in [0.5, 0.6) is 0 Å². The molecule has 166 valence electrons. The van der Waals surface area contributed by atoms with E-state index in [1.54, 1.807) is 19.1 Å². The van der Waals surface area contributed by atoms with Gasteiger partial charge in [-0.3, -0.25) is 14.9 Å². The van der Waals surface area contributed by atoms with Gasteiger partial charge in [0.2, 0.25) is 10.0 Å². The van der Waals surface area contributed by atoms with Crippen LogP contribution in [-0.4, -0.2) is 56.3 Å². The van der Waals surface area contributed by atoms with E-state index in [0.29, 0.717) is 36.6 Å². The van der Waals surface area contributed by atoms with Crippen molar-refractivity contribution in [1.29, 1.82) is 0 Å². The van der Waals surface area contributed by atoms with Crippen LogP contribution in [0.25, 0.3) is 0 Å². The first-order chi connectivity index (χ1) is 14.6. The largest absolute Gasteiger partial charge is 0.325 e. The smallest absolute Gasteiger partial charge is 0.279 e. The third-order valence-electron chi connectivity index (χ3n) is 5.24. The minimum Gasteiger partial charge on any atom is -0.325 e. The number of hydrogen-bond donors (Lipinski definition) is 2.